The van der Waals surface area contributed by atoms with Gasteiger partial charge in [0.2, 0.25) is 0 Å². The van der Waals surface area contributed by atoms with Crippen molar-refractivity contribution in [2.24, 2.45) is 0 Å². The number of halogens is 4. The van der Waals surface area contributed by atoms with Gasteiger partial charge >= 0.3 is 6.18 Å². The van der Waals surface area contributed by atoms with E-state index in [0.717, 1.165) is 11.2 Å². The average Bonchev–Trinajstić information content (AvgIpc) is 1.98. The highest BCUT2D eigenvalue weighted by Crippen LogP contribution is 2.16. The summed E-state index contributed by atoms with van der Waals surface area (Å²) in [5, 5.41) is 0. The van der Waals surface area contributed by atoms with Crippen LogP contribution in [0.3, 0.4) is 0 Å². The van der Waals surface area contributed by atoms with Gasteiger partial charge in [0.1, 0.15) is 9.84 Å². The van der Waals surface area contributed by atoms with Crippen LogP contribution < -0.4 is 0 Å². The molecule has 0 aliphatic carbocycles. The Labute approximate surface area is 98.5 Å². The van der Waals surface area contributed by atoms with E-state index in [2.05, 4.69) is 0 Å². The van der Waals surface area contributed by atoms with E-state index >= 15 is 0 Å². The minimum atomic E-state index is -4.28. The Morgan fingerprint density at radius 3 is 2.19 bits per heavy atom. The fourth-order valence-electron chi connectivity index (χ4n) is 1.19. The van der Waals surface area contributed by atoms with Gasteiger partial charge in [-0.1, -0.05) is 0 Å². The van der Waals surface area contributed by atoms with Gasteiger partial charge < -0.3 is 0 Å². The molecule has 0 aliphatic heterocycles. The lowest BCUT2D eigenvalue weighted by atomic mass is 10.4. The Morgan fingerprint density at radius 1 is 1.25 bits per heavy atom. The summed E-state index contributed by atoms with van der Waals surface area (Å²) in [6, 6.07) is 0. The standard InChI is InChI=1S/C8H15ClF3NO2S/c1-16(14,15)6-2-4-13(5-3-9)7-8(10,11)12/h2-7H2,1H3. The van der Waals surface area contributed by atoms with Crippen LogP contribution in [0.4, 0.5) is 13.2 Å². The maximum atomic E-state index is 12.1. The molecule has 16 heavy (non-hydrogen) atoms. The van der Waals surface area contributed by atoms with Crippen LogP contribution in [0.5, 0.6) is 0 Å². The van der Waals surface area contributed by atoms with E-state index in [0.29, 0.717) is 0 Å². The predicted molar refractivity (Wildman–Crippen MR) is 57.5 cm³/mol. The third-order valence-corrected chi connectivity index (χ3v) is 2.99. The first-order chi connectivity index (χ1) is 7.14. The van der Waals surface area contributed by atoms with Crippen LogP contribution in [0.2, 0.25) is 0 Å². The van der Waals surface area contributed by atoms with E-state index < -0.39 is 22.6 Å². The van der Waals surface area contributed by atoms with E-state index in [1.54, 1.807) is 0 Å². The molecule has 0 N–H and O–H groups in total. The normalized spacial score (nSPS) is 13.4. The smallest absolute Gasteiger partial charge is 0.294 e. The van der Waals surface area contributed by atoms with Gasteiger partial charge in [0.15, 0.2) is 0 Å². The Bertz CT molecular complexity index is 292. The summed E-state index contributed by atoms with van der Waals surface area (Å²) in [7, 11) is -3.12. The first-order valence-corrected chi connectivity index (χ1v) is 7.26. The monoisotopic (exact) mass is 281 g/mol. The average molecular weight is 282 g/mol. The van der Waals surface area contributed by atoms with Gasteiger partial charge in [0, 0.05) is 18.7 Å². The molecular weight excluding hydrogens is 267 g/mol. The highest BCUT2D eigenvalue weighted by Gasteiger charge is 2.30. The molecule has 8 heteroatoms. The molecule has 0 unspecified atom stereocenters. The van der Waals surface area contributed by atoms with Crippen molar-refractivity contribution in [2.75, 3.05) is 37.5 Å². The summed E-state index contributed by atoms with van der Waals surface area (Å²) < 4.78 is 57.8. The first-order valence-electron chi connectivity index (χ1n) is 4.67. The fourth-order valence-corrected chi connectivity index (χ4v) is 2.09. The summed E-state index contributed by atoms with van der Waals surface area (Å²) in [5.74, 6) is -0.0153. The minimum absolute atomic E-state index is 0.0826. The molecule has 0 atom stereocenters. The Hall–Kier alpha value is -0.0100. The molecule has 0 saturated heterocycles. The van der Waals surface area contributed by atoms with Crippen molar-refractivity contribution in [3.05, 3.63) is 0 Å². The molecule has 0 bridgehead atoms. The largest absolute Gasteiger partial charge is 0.401 e. The Balaban J connectivity index is 4.04. The molecule has 0 rings (SSSR count). The van der Waals surface area contributed by atoms with Crippen LogP contribution in [0.1, 0.15) is 6.42 Å². The number of sulfone groups is 1. The molecule has 0 aromatic heterocycles. The summed E-state index contributed by atoms with van der Waals surface area (Å²) in [4.78, 5) is 1.11. The van der Waals surface area contributed by atoms with Crippen LogP contribution >= 0.6 is 11.6 Å². The number of rotatable bonds is 7. The van der Waals surface area contributed by atoms with Crippen molar-refractivity contribution in [3.63, 3.8) is 0 Å². The maximum Gasteiger partial charge on any atom is 0.401 e. The van der Waals surface area contributed by atoms with Gasteiger partial charge in [0.25, 0.3) is 0 Å². The van der Waals surface area contributed by atoms with Crippen LogP contribution in [0, 0.1) is 0 Å². The molecule has 0 spiro atoms. The summed E-state index contributed by atoms with van der Waals surface area (Å²) in [6.07, 6.45) is -3.04. The second-order valence-electron chi connectivity index (χ2n) is 3.56. The molecule has 98 valence electrons. The highest BCUT2D eigenvalue weighted by molar-refractivity contribution is 7.90. The molecule has 3 nitrogen and oxygen atoms in total. The number of alkyl halides is 4. The predicted octanol–water partition coefficient (Wildman–Crippen LogP) is 1.52. The van der Waals surface area contributed by atoms with E-state index in [1.165, 1.54) is 0 Å². The van der Waals surface area contributed by atoms with Crippen LogP contribution in [-0.2, 0) is 9.84 Å². The highest BCUT2D eigenvalue weighted by atomic mass is 35.5. The minimum Gasteiger partial charge on any atom is -0.294 e. The number of nitrogens with zero attached hydrogens (tertiary/aromatic N) is 1. The molecular formula is C8H15ClF3NO2S. The lowest BCUT2D eigenvalue weighted by molar-refractivity contribution is -0.145. The van der Waals surface area contributed by atoms with Crippen molar-refractivity contribution in [1.29, 1.82) is 0 Å². The number of hydrogen-bond donors (Lipinski definition) is 0. The van der Waals surface area contributed by atoms with Crippen LogP contribution in [0.25, 0.3) is 0 Å². The van der Waals surface area contributed by atoms with Crippen molar-refractivity contribution < 1.29 is 21.6 Å². The van der Waals surface area contributed by atoms with Crippen molar-refractivity contribution in [1.82, 2.24) is 4.90 Å². The zero-order chi connectivity index (χ0) is 12.8. The van der Waals surface area contributed by atoms with E-state index in [4.69, 9.17) is 11.6 Å². The van der Waals surface area contributed by atoms with Gasteiger partial charge in [-0.3, -0.25) is 4.90 Å². The summed E-state index contributed by atoms with van der Waals surface area (Å²) in [5.41, 5.74) is 0. The van der Waals surface area contributed by atoms with Crippen LogP contribution in [0.15, 0.2) is 0 Å². The number of hydrogen-bond acceptors (Lipinski definition) is 3. The van der Waals surface area contributed by atoms with Gasteiger partial charge in [-0.25, -0.2) is 8.42 Å². The SMILES string of the molecule is CS(=O)(=O)CCCN(CCCl)CC(F)(F)F. The summed E-state index contributed by atoms with van der Waals surface area (Å²) >= 11 is 5.37. The lowest BCUT2D eigenvalue weighted by Crippen LogP contribution is -2.36. The fraction of sp³-hybridized carbons (Fsp3) is 1.00. The summed E-state index contributed by atoms with van der Waals surface area (Å²) in [6.45, 7) is -0.867. The zero-order valence-corrected chi connectivity index (χ0v) is 10.5. The molecule has 0 saturated carbocycles. The van der Waals surface area contributed by atoms with E-state index in [1.807, 2.05) is 0 Å². The quantitative estimate of drug-likeness (QED) is 0.664. The van der Waals surface area contributed by atoms with Gasteiger partial charge in [-0.05, 0) is 13.0 Å². The molecule has 0 fully saturated rings. The van der Waals surface area contributed by atoms with Crippen molar-refractivity contribution in [2.45, 2.75) is 12.6 Å². The maximum absolute atomic E-state index is 12.1. The Morgan fingerprint density at radius 2 is 1.81 bits per heavy atom. The van der Waals surface area contributed by atoms with Gasteiger partial charge in [0.05, 0.1) is 12.3 Å². The second kappa shape index (κ2) is 6.66. The molecule has 0 aliphatic rings. The van der Waals surface area contributed by atoms with E-state index in [-0.39, 0.29) is 31.1 Å². The first kappa shape index (κ1) is 16.0. The zero-order valence-electron chi connectivity index (χ0n) is 8.93. The molecule has 0 heterocycles. The molecule has 0 aromatic rings. The second-order valence-corrected chi connectivity index (χ2v) is 6.20. The molecule has 0 amide bonds. The van der Waals surface area contributed by atoms with Gasteiger partial charge in [-0.2, -0.15) is 13.2 Å². The third-order valence-electron chi connectivity index (χ3n) is 1.79. The van der Waals surface area contributed by atoms with Gasteiger partial charge in [-0.15, -0.1) is 11.6 Å². The lowest BCUT2D eigenvalue weighted by Gasteiger charge is -2.22. The molecule has 0 aromatic carbocycles. The topological polar surface area (TPSA) is 37.4 Å². The third kappa shape index (κ3) is 10.5. The van der Waals surface area contributed by atoms with E-state index in [9.17, 15) is 21.6 Å². The molecule has 0 radical (unpaired) electrons. The van der Waals surface area contributed by atoms with Crippen LogP contribution in [-0.4, -0.2) is 57.0 Å². The van der Waals surface area contributed by atoms with Crippen molar-refractivity contribution in [3.8, 4) is 0 Å². The van der Waals surface area contributed by atoms with Crippen molar-refractivity contribution >= 4 is 21.4 Å². The Kier molecular flexibility index (Phi) is 6.65.